The Labute approximate surface area is 131 Å². The topological polar surface area (TPSA) is 30.3 Å². The molecule has 1 aliphatic heterocycles. The molecule has 4 nitrogen and oxygen atoms in total. The van der Waals surface area contributed by atoms with Crippen LogP contribution >= 0.6 is 24.8 Å². The molecule has 20 heavy (non-hydrogen) atoms. The zero-order valence-corrected chi connectivity index (χ0v) is 13.3. The summed E-state index contributed by atoms with van der Waals surface area (Å²) >= 11 is 0. The third-order valence-corrected chi connectivity index (χ3v) is 3.56. The average molecular weight is 318 g/mol. The molecule has 112 valence electrons. The highest BCUT2D eigenvalue weighted by molar-refractivity contribution is 5.85. The number of para-hydroxylation sites is 2. The van der Waals surface area contributed by atoms with Gasteiger partial charge in [-0.1, -0.05) is 12.1 Å². The summed E-state index contributed by atoms with van der Waals surface area (Å²) in [5, 5.41) is 0. The van der Waals surface area contributed by atoms with E-state index in [1.54, 1.807) is 7.11 Å². The van der Waals surface area contributed by atoms with Crippen LogP contribution in [-0.4, -0.2) is 41.3 Å². The first-order valence-electron chi connectivity index (χ1n) is 6.54. The number of methoxy groups -OCH3 is 1. The lowest BCUT2D eigenvalue weighted by molar-refractivity contribution is 0.158. The van der Waals surface area contributed by atoms with Gasteiger partial charge in [0, 0.05) is 33.4 Å². The van der Waals surface area contributed by atoms with Gasteiger partial charge >= 0.3 is 0 Å². The molecule has 0 radical (unpaired) electrons. The number of imidazole rings is 1. The van der Waals surface area contributed by atoms with Crippen molar-refractivity contribution in [3.63, 3.8) is 0 Å². The summed E-state index contributed by atoms with van der Waals surface area (Å²) in [7, 11) is 1.76. The van der Waals surface area contributed by atoms with E-state index < -0.39 is 0 Å². The molecule has 1 aromatic carbocycles. The molecule has 0 aliphatic carbocycles. The average Bonchev–Trinajstić information content (AvgIpc) is 2.76. The Balaban J connectivity index is 0.000001000. The monoisotopic (exact) mass is 317 g/mol. The molecule has 0 N–H and O–H groups in total. The summed E-state index contributed by atoms with van der Waals surface area (Å²) in [6.07, 6.45) is 1.09. The maximum absolute atomic E-state index is 5.10. The van der Waals surface area contributed by atoms with Gasteiger partial charge < -0.3 is 9.30 Å². The highest BCUT2D eigenvalue weighted by atomic mass is 35.5. The van der Waals surface area contributed by atoms with Gasteiger partial charge in [-0.3, -0.25) is 4.90 Å². The molecule has 0 unspecified atom stereocenters. The lowest BCUT2D eigenvalue weighted by Gasteiger charge is -2.27. The van der Waals surface area contributed by atoms with Crippen LogP contribution in [0.2, 0.25) is 0 Å². The van der Waals surface area contributed by atoms with E-state index in [0.29, 0.717) is 0 Å². The number of rotatable bonds is 4. The maximum atomic E-state index is 5.10. The van der Waals surface area contributed by atoms with Crippen LogP contribution in [0.4, 0.5) is 0 Å². The zero-order chi connectivity index (χ0) is 12.4. The van der Waals surface area contributed by atoms with Crippen molar-refractivity contribution in [3.05, 3.63) is 30.1 Å². The van der Waals surface area contributed by atoms with Gasteiger partial charge in [0.1, 0.15) is 5.82 Å². The number of hydrogen-bond acceptors (Lipinski definition) is 3. The van der Waals surface area contributed by atoms with Crippen molar-refractivity contribution < 1.29 is 4.74 Å². The van der Waals surface area contributed by atoms with Gasteiger partial charge in [-0.2, -0.15) is 0 Å². The van der Waals surface area contributed by atoms with E-state index in [0.717, 1.165) is 44.7 Å². The van der Waals surface area contributed by atoms with E-state index in [4.69, 9.17) is 9.72 Å². The van der Waals surface area contributed by atoms with Crippen LogP contribution in [0.1, 0.15) is 12.2 Å². The molecule has 0 saturated heterocycles. The third kappa shape index (κ3) is 3.44. The Morgan fingerprint density at radius 3 is 2.80 bits per heavy atom. The van der Waals surface area contributed by atoms with Crippen LogP contribution in [0.3, 0.4) is 0 Å². The van der Waals surface area contributed by atoms with Gasteiger partial charge in [0.25, 0.3) is 0 Å². The Kier molecular flexibility index (Phi) is 6.76. The molecule has 2 heterocycles. The zero-order valence-electron chi connectivity index (χ0n) is 11.6. The smallest absolute Gasteiger partial charge is 0.124 e. The molecule has 0 amide bonds. The minimum absolute atomic E-state index is 0. The maximum Gasteiger partial charge on any atom is 0.124 e. The number of hydrogen-bond donors (Lipinski definition) is 0. The van der Waals surface area contributed by atoms with E-state index in [9.17, 15) is 0 Å². The second kappa shape index (κ2) is 7.84. The van der Waals surface area contributed by atoms with Gasteiger partial charge in [0.05, 0.1) is 17.6 Å². The number of aromatic nitrogens is 2. The van der Waals surface area contributed by atoms with Gasteiger partial charge in [0.2, 0.25) is 0 Å². The number of fused-ring (bicyclic) bond motifs is 3. The predicted octanol–water partition coefficient (Wildman–Crippen LogP) is 2.73. The third-order valence-electron chi connectivity index (χ3n) is 3.56. The van der Waals surface area contributed by atoms with Crippen molar-refractivity contribution in [3.8, 4) is 0 Å². The first kappa shape index (κ1) is 17.2. The highest BCUT2D eigenvalue weighted by Gasteiger charge is 2.19. The van der Waals surface area contributed by atoms with Crippen LogP contribution in [-0.2, 0) is 17.8 Å². The highest BCUT2D eigenvalue weighted by Crippen LogP contribution is 2.20. The first-order chi connectivity index (χ1) is 8.88. The number of ether oxygens (including phenoxy) is 1. The van der Waals surface area contributed by atoms with Crippen molar-refractivity contribution in [1.29, 1.82) is 0 Å². The molecule has 0 atom stereocenters. The van der Waals surface area contributed by atoms with E-state index >= 15 is 0 Å². The quantitative estimate of drug-likeness (QED) is 0.812. The fourth-order valence-corrected chi connectivity index (χ4v) is 2.64. The molecule has 2 aromatic rings. The Bertz CT molecular complexity index is 544. The van der Waals surface area contributed by atoms with Gasteiger partial charge in [0.15, 0.2) is 0 Å². The van der Waals surface area contributed by atoms with E-state index in [2.05, 4.69) is 33.7 Å². The summed E-state index contributed by atoms with van der Waals surface area (Å²) in [4.78, 5) is 7.18. The van der Waals surface area contributed by atoms with Crippen molar-refractivity contribution in [2.45, 2.75) is 19.5 Å². The number of nitrogens with zero attached hydrogens (tertiary/aromatic N) is 3. The van der Waals surface area contributed by atoms with Crippen LogP contribution < -0.4 is 0 Å². The molecule has 0 spiro atoms. The van der Waals surface area contributed by atoms with Gasteiger partial charge in [-0.05, 0) is 18.6 Å². The molecule has 0 fully saturated rings. The lowest BCUT2D eigenvalue weighted by atomic mass is 10.3. The minimum Gasteiger partial charge on any atom is -0.385 e. The molecule has 1 aromatic heterocycles. The Hall–Kier alpha value is -0.810. The molecule has 6 heteroatoms. The summed E-state index contributed by atoms with van der Waals surface area (Å²) in [6.45, 7) is 5.04. The molecular weight excluding hydrogens is 297 g/mol. The fourth-order valence-electron chi connectivity index (χ4n) is 2.64. The second-order valence-electron chi connectivity index (χ2n) is 4.79. The largest absolute Gasteiger partial charge is 0.385 e. The van der Waals surface area contributed by atoms with Crippen molar-refractivity contribution in [2.24, 2.45) is 0 Å². The number of halogens is 2. The minimum atomic E-state index is 0. The summed E-state index contributed by atoms with van der Waals surface area (Å²) in [5.41, 5.74) is 2.38. The standard InChI is InChI=1S/C14H19N3O.2ClH/c1-18-10-4-7-16-8-9-17-13-6-3-2-5-12(13)15-14(17)11-16;;/h2-3,5-6H,4,7-11H2,1H3;2*1H. The Morgan fingerprint density at radius 1 is 1.20 bits per heavy atom. The van der Waals surface area contributed by atoms with Gasteiger partial charge in [-0.15, -0.1) is 24.8 Å². The van der Waals surface area contributed by atoms with Crippen LogP contribution in [0.5, 0.6) is 0 Å². The lowest BCUT2D eigenvalue weighted by Crippen LogP contribution is -2.34. The summed E-state index contributed by atoms with van der Waals surface area (Å²) in [5.74, 6) is 1.19. The van der Waals surface area contributed by atoms with Gasteiger partial charge in [-0.25, -0.2) is 4.98 Å². The molecular formula is C14H21Cl2N3O. The predicted molar refractivity (Wildman–Crippen MR) is 86.0 cm³/mol. The number of benzene rings is 1. The summed E-state index contributed by atoms with van der Waals surface area (Å²) in [6, 6.07) is 8.39. The van der Waals surface area contributed by atoms with E-state index in [1.165, 1.54) is 11.3 Å². The van der Waals surface area contributed by atoms with Crippen LogP contribution in [0, 0.1) is 0 Å². The SMILES string of the molecule is COCCCN1CCn2c(nc3ccccc32)C1.Cl.Cl. The summed E-state index contributed by atoms with van der Waals surface area (Å²) < 4.78 is 7.45. The van der Waals surface area contributed by atoms with E-state index in [-0.39, 0.29) is 24.8 Å². The van der Waals surface area contributed by atoms with Crippen LogP contribution in [0.15, 0.2) is 24.3 Å². The fraction of sp³-hybridized carbons (Fsp3) is 0.500. The van der Waals surface area contributed by atoms with Crippen molar-refractivity contribution in [1.82, 2.24) is 14.5 Å². The molecule has 1 aliphatic rings. The first-order valence-corrected chi connectivity index (χ1v) is 6.54. The Morgan fingerprint density at radius 2 is 2.00 bits per heavy atom. The molecule has 0 bridgehead atoms. The molecule has 3 rings (SSSR count). The van der Waals surface area contributed by atoms with E-state index in [1.807, 2.05) is 0 Å². The molecule has 0 saturated carbocycles. The normalized spacial score (nSPS) is 14.4. The van der Waals surface area contributed by atoms with Crippen molar-refractivity contribution >= 4 is 35.8 Å². The van der Waals surface area contributed by atoms with Crippen LogP contribution in [0.25, 0.3) is 11.0 Å². The second-order valence-corrected chi connectivity index (χ2v) is 4.79. The van der Waals surface area contributed by atoms with Crippen molar-refractivity contribution in [2.75, 3.05) is 26.8 Å².